The molecule has 1 aliphatic rings. The number of hydrogen-bond donors (Lipinski definition) is 0. The normalized spacial score (nSPS) is 33.2. The van der Waals surface area contributed by atoms with E-state index >= 15 is 0 Å². The second-order valence-electron chi connectivity index (χ2n) is 5.17. The highest BCUT2D eigenvalue weighted by molar-refractivity contribution is 5.15. The summed E-state index contributed by atoms with van der Waals surface area (Å²) in [5.41, 5.74) is 1.72. The molecular weight excluding hydrogens is 156 g/mol. The van der Waals surface area contributed by atoms with Gasteiger partial charge in [-0.2, -0.15) is 0 Å². The molecule has 0 aromatic heterocycles. The summed E-state index contributed by atoms with van der Waals surface area (Å²) in [4.78, 5) is 0. The van der Waals surface area contributed by atoms with Gasteiger partial charge in [-0.3, -0.25) is 0 Å². The van der Waals surface area contributed by atoms with Gasteiger partial charge in [0.2, 0.25) is 0 Å². The second kappa shape index (κ2) is 3.48. The summed E-state index contributed by atoms with van der Waals surface area (Å²) in [6, 6.07) is 0. The average Bonchev–Trinajstić information content (AvgIpc) is 2.77. The average molecular weight is 180 g/mol. The largest absolute Gasteiger partial charge is 0.0996 e. The predicted octanol–water partition coefficient (Wildman–Crippen LogP) is 4.27. The fourth-order valence-corrected chi connectivity index (χ4v) is 2.91. The fourth-order valence-electron chi connectivity index (χ4n) is 2.91. The van der Waals surface area contributed by atoms with Gasteiger partial charge in [0.1, 0.15) is 0 Å². The van der Waals surface area contributed by atoms with E-state index in [-0.39, 0.29) is 0 Å². The van der Waals surface area contributed by atoms with Gasteiger partial charge in [-0.25, -0.2) is 0 Å². The van der Waals surface area contributed by atoms with Crippen LogP contribution in [0.3, 0.4) is 0 Å². The Kier molecular flexibility index (Phi) is 2.89. The van der Waals surface area contributed by atoms with Gasteiger partial charge in [0.25, 0.3) is 0 Å². The van der Waals surface area contributed by atoms with Crippen molar-refractivity contribution in [3.05, 3.63) is 12.2 Å². The molecule has 13 heavy (non-hydrogen) atoms. The first kappa shape index (κ1) is 10.8. The summed E-state index contributed by atoms with van der Waals surface area (Å²) in [5.74, 6) is 2.84. The lowest BCUT2D eigenvalue weighted by atomic mass is 9.79. The maximum Gasteiger partial charge on any atom is -0.0116 e. The van der Waals surface area contributed by atoms with Crippen LogP contribution in [0.5, 0.6) is 0 Å². The zero-order chi connectivity index (χ0) is 10.2. The van der Waals surface area contributed by atoms with E-state index in [0.717, 1.165) is 17.8 Å². The van der Waals surface area contributed by atoms with Crippen LogP contribution in [0.15, 0.2) is 12.2 Å². The summed E-state index contributed by atoms with van der Waals surface area (Å²) in [6.07, 6.45) is 2.69. The zero-order valence-electron chi connectivity index (χ0n) is 9.85. The van der Waals surface area contributed by atoms with Crippen molar-refractivity contribution >= 4 is 0 Å². The second-order valence-corrected chi connectivity index (χ2v) is 5.17. The molecule has 0 heteroatoms. The standard InChI is InChI=1S/C13H24/c1-7-10-11(8-2)12(10)13(5,6)9(3)4/h10-12H,3,7-8H2,1-2,4-6H3. The molecule has 1 aliphatic carbocycles. The maximum atomic E-state index is 4.13. The van der Waals surface area contributed by atoms with E-state index in [1.807, 2.05) is 0 Å². The van der Waals surface area contributed by atoms with E-state index in [0.29, 0.717) is 5.41 Å². The molecule has 0 heterocycles. The SMILES string of the molecule is C=C(C)C(C)(C)C1C(CC)C1CC. The third-order valence-corrected chi connectivity index (χ3v) is 4.21. The van der Waals surface area contributed by atoms with Crippen molar-refractivity contribution in [1.29, 1.82) is 0 Å². The molecule has 0 spiro atoms. The molecule has 1 saturated carbocycles. The quantitative estimate of drug-likeness (QED) is 0.567. The highest BCUT2D eigenvalue weighted by Crippen LogP contribution is 2.61. The lowest BCUT2D eigenvalue weighted by molar-refractivity contribution is 0.343. The van der Waals surface area contributed by atoms with Crippen molar-refractivity contribution in [1.82, 2.24) is 0 Å². The van der Waals surface area contributed by atoms with Gasteiger partial charge in [-0.05, 0) is 30.1 Å². The third-order valence-electron chi connectivity index (χ3n) is 4.21. The molecule has 2 atom stereocenters. The van der Waals surface area contributed by atoms with Gasteiger partial charge < -0.3 is 0 Å². The molecule has 0 aromatic rings. The van der Waals surface area contributed by atoms with E-state index in [4.69, 9.17) is 0 Å². The van der Waals surface area contributed by atoms with Gasteiger partial charge >= 0.3 is 0 Å². The van der Waals surface area contributed by atoms with Crippen molar-refractivity contribution < 1.29 is 0 Å². The fraction of sp³-hybridized carbons (Fsp3) is 0.846. The minimum Gasteiger partial charge on any atom is -0.0996 e. The van der Waals surface area contributed by atoms with E-state index < -0.39 is 0 Å². The van der Waals surface area contributed by atoms with Gasteiger partial charge in [-0.15, -0.1) is 0 Å². The van der Waals surface area contributed by atoms with Crippen LogP contribution in [0, 0.1) is 23.2 Å². The highest BCUT2D eigenvalue weighted by Gasteiger charge is 2.54. The van der Waals surface area contributed by atoms with Gasteiger partial charge in [0.15, 0.2) is 0 Å². The first-order chi connectivity index (χ1) is 5.96. The van der Waals surface area contributed by atoms with Crippen LogP contribution < -0.4 is 0 Å². The van der Waals surface area contributed by atoms with Gasteiger partial charge in [0, 0.05) is 0 Å². The lowest BCUT2D eigenvalue weighted by Crippen LogP contribution is -2.17. The van der Waals surface area contributed by atoms with Crippen LogP contribution in [0.1, 0.15) is 47.5 Å². The Hall–Kier alpha value is -0.260. The zero-order valence-corrected chi connectivity index (χ0v) is 9.85. The Morgan fingerprint density at radius 3 is 1.77 bits per heavy atom. The summed E-state index contributed by atoms with van der Waals surface area (Å²) in [7, 11) is 0. The number of hydrogen-bond acceptors (Lipinski definition) is 0. The molecule has 0 nitrogen and oxygen atoms in total. The van der Waals surface area contributed by atoms with Crippen molar-refractivity contribution in [2.24, 2.45) is 23.2 Å². The minimum atomic E-state index is 0.362. The topological polar surface area (TPSA) is 0 Å². The monoisotopic (exact) mass is 180 g/mol. The molecule has 1 fully saturated rings. The third kappa shape index (κ3) is 1.68. The summed E-state index contributed by atoms with van der Waals surface area (Å²) >= 11 is 0. The molecule has 0 aliphatic heterocycles. The molecule has 0 radical (unpaired) electrons. The van der Waals surface area contributed by atoms with Crippen LogP contribution in [0.4, 0.5) is 0 Å². The molecule has 0 amide bonds. The first-order valence-corrected chi connectivity index (χ1v) is 5.62. The molecule has 2 unspecified atom stereocenters. The molecule has 0 bridgehead atoms. The Balaban J connectivity index is 2.69. The Morgan fingerprint density at radius 2 is 1.54 bits per heavy atom. The summed E-state index contributed by atoms with van der Waals surface area (Å²) < 4.78 is 0. The van der Waals surface area contributed by atoms with Crippen LogP contribution in [0.25, 0.3) is 0 Å². The molecule has 0 aromatic carbocycles. The van der Waals surface area contributed by atoms with Crippen LogP contribution in [-0.2, 0) is 0 Å². The summed E-state index contributed by atoms with van der Waals surface area (Å²) in [6.45, 7) is 15.7. The first-order valence-electron chi connectivity index (χ1n) is 5.62. The van der Waals surface area contributed by atoms with Crippen molar-refractivity contribution in [2.45, 2.75) is 47.5 Å². The summed E-state index contributed by atoms with van der Waals surface area (Å²) in [5, 5.41) is 0. The Bertz CT molecular complexity index is 190. The molecular formula is C13H24. The van der Waals surface area contributed by atoms with Crippen molar-refractivity contribution in [2.75, 3.05) is 0 Å². The van der Waals surface area contributed by atoms with Crippen molar-refractivity contribution in [3.63, 3.8) is 0 Å². The maximum absolute atomic E-state index is 4.13. The van der Waals surface area contributed by atoms with E-state index in [1.165, 1.54) is 18.4 Å². The highest BCUT2D eigenvalue weighted by atomic mass is 14.6. The van der Waals surface area contributed by atoms with Crippen molar-refractivity contribution in [3.8, 4) is 0 Å². The minimum absolute atomic E-state index is 0.362. The van der Waals surface area contributed by atoms with Gasteiger partial charge in [-0.1, -0.05) is 52.7 Å². The molecule has 76 valence electrons. The molecule has 1 rings (SSSR count). The lowest BCUT2D eigenvalue weighted by Gasteiger charge is -2.26. The predicted molar refractivity (Wildman–Crippen MR) is 59.6 cm³/mol. The Morgan fingerprint density at radius 1 is 1.15 bits per heavy atom. The smallest absolute Gasteiger partial charge is 0.0116 e. The molecule has 0 saturated heterocycles. The van der Waals surface area contributed by atoms with E-state index in [2.05, 4.69) is 41.2 Å². The van der Waals surface area contributed by atoms with E-state index in [9.17, 15) is 0 Å². The van der Waals surface area contributed by atoms with Crippen LogP contribution >= 0.6 is 0 Å². The molecule has 0 N–H and O–H groups in total. The number of rotatable bonds is 4. The number of allylic oxidation sites excluding steroid dienone is 1. The van der Waals surface area contributed by atoms with Gasteiger partial charge in [0.05, 0.1) is 0 Å². The van der Waals surface area contributed by atoms with E-state index in [1.54, 1.807) is 0 Å². The Labute approximate surface area is 83.4 Å². The van der Waals surface area contributed by atoms with Crippen LogP contribution in [-0.4, -0.2) is 0 Å². The van der Waals surface area contributed by atoms with Crippen LogP contribution in [0.2, 0.25) is 0 Å².